The highest BCUT2D eigenvalue weighted by atomic mass is 16.3. The monoisotopic (exact) mass is 462 g/mol. The molecule has 33 heavy (non-hydrogen) atoms. The van der Waals surface area contributed by atoms with Crippen molar-refractivity contribution >= 4 is 17.3 Å². The quantitative estimate of drug-likeness (QED) is 0.367. The van der Waals surface area contributed by atoms with Gasteiger partial charge in [0.1, 0.15) is 5.41 Å². The number of hydrogen-bond donors (Lipinski definition) is 1. The zero-order valence-corrected chi connectivity index (χ0v) is 22.7. The Hall–Kier alpha value is -1.03. The van der Waals surface area contributed by atoms with Crippen LogP contribution in [0, 0.1) is 52.3 Å². The molecule has 0 aromatic heterocycles. The van der Waals surface area contributed by atoms with E-state index in [4.69, 9.17) is 0 Å². The van der Waals surface area contributed by atoms with Crippen LogP contribution in [-0.4, -0.2) is 28.6 Å². The first kappa shape index (κ1) is 28.2. The van der Waals surface area contributed by atoms with Crippen molar-refractivity contribution in [3.63, 3.8) is 0 Å². The second-order valence-electron chi connectivity index (χ2n) is 12.9. The number of Topliss-reactive ketones (excluding diaryl/α,β-unsaturated/α-hetero) is 3. The van der Waals surface area contributed by atoms with E-state index >= 15 is 0 Å². The summed E-state index contributed by atoms with van der Waals surface area (Å²) in [5.41, 5.74) is -2.58. The molecule has 190 valence electrons. The van der Waals surface area contributed by atoms with Crippen LogP contribution in [0.3, 0.4) is 0 Å². The maximum atomic E-state index is 14.4. The summed E-state index contributed by atoms with van der Waals surface area (Å²) in [7, 11) is 0. The minimum absolute atomic E-state index is 0.0876. The lowest BCUT2D eigenvalue weighted by Crippen LogP contribution is -2.72. The molecule has 6 atom stereocenters. The Morgan fingerprint density at radius 3 is 1.91 bits per heavy atom. The third-order valence-corrected chi connectivity index (χ3v) is 8.75. The molecular formula is C29H50O4. The van der Waals surface area contributed by atoms with Crippen molar-refractivity contribution in [1.82, 2.24) is 0 Å². The maximum absolute atomic E-state index is 14.4. The van der Waals surface area contributed by atoms with Crippen LogP contribution in [0.5, 0.6) is 0 Å². The van der Waals surface area contributed by atoms with Crippen molar-refractivity contribution in [3.05, 3.63) is 0 Å². The van der Waals surface area contributed by atoms with Crippen molar-refractivity contribution in [2.45, 2.75) is 113 Å². The lowest BCUT2D eigenvalue weighted by atomic mass is 9.41. The molecule has 0 aromatic carbocycles. The zero-order valence-electron chi connectivity index (χ0n) is 22.7. The van der Waals surface area contributed by atoms with Gasteiger partial charge in [0.2, 0.25) is 0 Å². The molecule has 0 amide bonds. The van der Waals surface area contributed by atoms with Crippen LogP contribution >= 0.6 is 0 Å². The van der Waals surface area contributed by atoms with Gasteiger partial charge in [0.15, 0.2) is 17.3 Å². The highest BCUT2D eigenvalue weighted by molar-refractivity contribution is 6.28. The van der Waals surface area contributed by atoms with Gasteiger partial charge in [-0.3, -0.25) is 14.4 Å². The summed E-state index contributed by atoms with van der Waals surface area (Å²) in [6.45, 7) is 18.5. The number of aliphatic hydroxyl groups is 1. The van der Waals surface area contributed by atoms with Gasteiger partial charge in [0, 0.05) is 11.8 Å². The lowest BCUT2D eigenvalue weighted by molar-refractivity contribution is -0.193. The van der Waals surface area contributed by atoms with E-state index in [1.54, 1.807) is 0 Å². The second-order valence-corrected chi connectivity index (χ2v) is 12.9. The first-order valence-corrected chi connectivity index (χ1v) is 13.5. The van der Waals surface area contributed by atoms with Crippen molar-refractivity contribution in [2.75, 3.05) is 0 Å². The van der Waals surface area contributed by atoms with Gasteiger partial charge in [0.05, 0.1) is 11.5 Å². The molecule has 6 unspecified atom stereocenters. The van der Waals surface area contributed by atoms with Crippen LogP contribution < -0.4 is 0 Å². The summed E-state index contributed by atoms with van der Waals surface area (Å²) in [4.78, 5) is 42.5. The third-order valence-electron chi connectivity index (χ3n) is 8.75. The van der Waals surface area contributed by atoms with Crippen LogP contribution in [0.25, 0.3) is 0 Å². The summed E-state index contributed by atoms with van der Waals surface area (Å²) in [6.07, 6.45) is 4.22. The second kappa shape index (κ2) is 10.7. The number of hydrogen-bond acceptors (Lipinski definition) is 4. The van der Waals surface area contributed by atoms with Crippen molar-refractivity contribution in [3.8, 4) is 0 Å². The fraction of sp³-hybridized carbons (Fsp3) is 0.897. The van der Waals surface area contributed by atoms with Crippen LogP contribution in [0.15, 0.2) is 0 Å². The van der Waals surface area contributed by atoms with E-state index in [1.807, 2.05) is 20.8 Å². The average Bonchev–Trinajstić information content (AvgIpc) is 2.71. The number of rotatable bonds is 11. The van der Waals surface area contributed by atoms with Gasteiger partial charge in [0.25, 0.3) is 0 Å². The van der Waals surface area contributed by atoms with Gasteiger partial charge >= 0.3 is 0 Å². The van der Waals surface area contributed by atoms with Crippen LogP contribution in [-0.2, 0) is 14.4 Å². The molecule has 0 saturated heterocycles. The van der Waals surface area contributed by atoms with E-state index in [0.29, 0.717) is 37.0 Å². The van der Waals surface area contributed by atoms with Gasteiger partial charge in [-0.25, -0.2) is 0 Å². The molecule has 0 aromatic rings. The fourth-order valence-corrected chi connectivity index (χ4v) is 6.63. The molecule has 2 fully saturated rings. The van der Waals surface area contributed by atoms with Gasteiger partial charge in [-0.15, -0.1) is 0 Å². The van der Waals surface area contributed by atoms with Crippen LogP contribution in [0.1, 0.15) is 107 Å². The predicted octanol–water partition coefficient (Wildman–Crippen LogP) is 6.28. The minimum atomic E-state index is -1.59. The Labute approximate surface area is 202 Å². The van der Waals surface area contributed by atoms with Gasteiger partial charge < -0.3 is 5.11 Å². The predicted molar refractivity (Wildman–Crippen MR) is 134 cm³/mol. The Morgan fingerprint density at radius 1 is 0.909 bits per heavy atom. The van der Waals surface area contributed by atoms with Gasteiger partial charge in [-0.1, -0.05) is 75.2 Å². The van der Waals surface area contributed by atoms with Gasteiger partial charge in [-0.05, 0) is 61.7 Å². The maximum Gasteiger partial charge on any atom is 0.162 e. The molecule has 0 radical (unpaired) electrons. The highest BCUT2D eigenvalue weighted by Crippen LogP contribution is 2.61. The van der Waals surface area contributed by atoms with E-state index in [0.717, 1.165) is 25.7 Å². The number of ketones is 3. The molecule has 2 aliphatic rings. The number of fused-ring (bicyclic) bond motifs is 2. The Balaban J connectivity index is 2.71. The van der Waals surface area contributed by atoms with Crippen molar-refractivity contribution < 1.29 is 19.5 Å². The van der Waals surface area contributed by atoms with E-state index in [-0.39, 0.29) is 29.2 Å². The molecule has 0 aliphatic heterocycles. The Bertz CT molecular complexity index is 721. The van der Waals surface area contributed by atoms with E-state index in [2.05, 4.69) is 41.5 Å². The summed E-state index contributed by atoms with van der Waals surface area (Å²) < 4.78 is 0. The first-order valence-electron chi connectivity index (χ1n) is 13.5. The molecule has 1 N–H and O–H groups in total. The van der Waals surface area contributed by atoms with Crippen LogP contribution in [0.2, 0.25) is 0 Å². The zero-order chi connectivity index (χ0) is 25.3. The Kier molecular flexibility index (Phi) is 9.15. The summed E-state index contributed by atoms with van der Waals surface area (Å²) in [6, 6.07) is 0. The average molecular weight is 463 g/mol. The van der Waals surface area contributed by atoms with Crippen molar-refractivity contribution in [1.29, 1.82) is 0 Å². The molecular weight excluding hydrogens is 412 g/mol. The minimum Gasteiger partial charge on any atom is -0.391 e. The lowest BCUT2D eigenvalue weighted by Gasteiger charge is -2.59. The largest absolute Gasteiger partial charge is 0.391 e. The van der Waals surface area contributed by atoms with Crippen LogP contribution in [0.4, 0.5) is 0 Å². The molecule has 0 spiro atoms. The molecule has 2 aliphatic carbocycles. The molecule has 4 nitrogen and oxygen atoms in total. The molecule has 2 saturated carbocycles. The number of aliphatic hydroxyl groups excluding tert-OH is 1. The van der Waals surface area contributed by atoms with E-state index in [9.17, 15) is 19.5 Å². The molecule has 2 rings (SSSR count). The topological polar surface area (TPSA) is 71.4 Å². The first-order chi connectivity index (χ1) is 15.2. The Morgan fingerprint density at radius 2 is 1.42 bits per heavy atom. The number of carbonyl (C=O) groups is 3. The molecule has 4 heteroatoms. The van der Waals surface area contributed by atoms with Gasteiger partial charge in [-0.2, -0.15) is 0 Å². The SMILES string of the molecule is CC(C)CCC1CC2(CCC(C)C)C(=O)C(C(=O)C(C)C)(C(=O)C(CCC(C)C)C2O)C1C. The summed E-state index contributed by atoms with van der Waals surface area (Å²) >= 11 is 0. The highest BCUT2D eigenvalue weighted by Gasteiger charge is 2.73. The van der Waals surface area contributed by atoms with Crippen molar-refractivity contribution in [2.24, 2.45) is 52.3 Å². The number of carbonyl (C=O) groups excluding carboxylic acids is 3. The van der Waals surface area contributed by atoms with E-state index in [1.165, 1.54) is 0 Å². The fourth-order valence-electron chi connectivity index (χ4n) is 6.63. The smallest absolute Gasteiger partial charge is 0.162 e. The standard InChI is InChI=1S/C29H50O4/c1-17(2)10-12-22-16-28(15-14-19(5)6)25(31)23(13-11-18(3)4)26(32)29(21(22)9,27(28)33)24(30)20(7)8/h17-23,25,31H,10-16H2,1-9H3. The normalized spacial score (nSPS) is 34.7. The molecule has 0 heterocycles. The summed E-state index contributed by atoms with van der Waals surface area (Å²) in [5.74, 6) is -0.704. The third kappa shape index (κ3) is 5.02. The van der Waals surface area contributed by atoms with E-state index < -0.39 is 28.8 Å². The summed E-state index contributed by atoms with van der Waals surface area (Å²) in [5, 5.41) is 11.8. The molecule has 2 bridgehead atoms.